The zero-order valence-electron chi connectivity index (χ0n) is 8.73. The van der Waals surface area contributed by atoms with Gasteiger partial charge in [-0.2, -0.15) is 0 Å². The van der Waals surface area contributed by atoms with Crippen LogP contribution in [-0.4, -0.2) is 12.1 Å². The molecule has 1 unspecified atom stereocenters. The molecule has 1 aliphatic heterocycles. The lowest BCUT2D eigenvalue weighted by molar-refractivity contribution is 0.241. The summed E-state index contributed by atoms with van der Waals surface area (Å²) in [6.45, 7) is 3.77. The Morgan fingerprint density at radius 1 is 1.23 bits per heavy atom. The van der Waals surface area contributed by atoms with Crippen molar-refractivity contribution in [2.24, 2.45) is 11.3 Å². The van der Waals surface area contributed by atoms with Gasteiger partial charge in [0, 0.05) is 5.54 Å². The van der Waals surface area contributed by atoms with Gasteiger partial charge in [-0.1, -0.05) is 6.92 Å². The summed E-state index contributed by atoms with van der Waals surface area (Å²) in [6.07, 6.45) is 10.4. The average Bonchev–Trinajstić information content (AvgIpc) is 2.96. The van der Waals surface area contributed by atoms with Crippen LogP contribution in [-0.2, 0) is 0 Å². The SMILES string of the molecule is CC1(CC2CCNC3(CC3)C2)CC1. The van der Waals surface area contributed by atoms with Crippen molar-refractivity contribution in [3.63, 3.8) is 0 Å². The molecular formula is C12H21N. The van der Waals surface area contributed by atoms with Crippen LogP contribution in [0, 0.1) is 11.3 Å². The molecule has 2 saturated carbocycles. The monoisotopic (exact) mass is 179 g/mol. The van der Waals surface area contributed by atoms with E-state index < -0.39 is 0 Å². The van der Waals surface area contributed by atoms with Crippen LogP contribution in [0.5, 0.6) is 0 Å². The first-order valence-electron chi connectivity index (χ1n) is 5.95. The van der Waals surface area contributed by atoms with E-state index in [2.05, 4.69) is 12.2 Å². The molecule has 1 atom stereocenters. The lowest BCUT2D eigenvalue weighted by Crippen LogP contribution is -2.40. The van der Waals surface area contributed by atoms with Gasteiger partial charge < -0.3 is 5.32 Å². The molecule has 1 N–H and O–H groups in total. The highest BCUT2D eigenvalue weighted by molar-refractivity contribution is 5.06. The van der Waals surface area contributed by atoms with Crippen LogP contribution >= 0.6 is 0 Å². The van der Waals surface area contributed by atoms with Gasteiger partial charge in [-0.05, 0) is 62.8 Å². The highest BCUT2D eigenvalue weighted by atomic mass is 15.0. The van der Waals surface area contributed by atoms with Gasteiger partial charge >= 0.3 is 0 Å². The summed E-state index contributed by atoms with van der Waals surface area (Å²) in [7, 11) is 0. The van der Waals surface area contributed by atoms with E-state index in [9.17, 15) is 0 Å². The first kappa shape index (κ1) is 8.28. The van der Waals surface area contributed by atoms with E-state index in [-0.39, 0.29) is 0 Å². The molecule has 0 amide bonds. The van der Waals surface area contributed by atoms with E-state index in [1.165, 1.54) is 51.5 Å². The molecule has 3 rings (SSSR count). The fraction of sp³-hybridized carbons (Fsp3) is 1.00. The topological polar surface area (TPSA) is 12.0 Å². The molecule has 0 bridgehead atoms. The highest BCUT2D eigenvalue weighted by Crippen LogP contribution is 2.54. The second-order valence-electron chi connectivity index (χ2n) is 6.08. The Morgan fingerprint density at radius 3 is 2.62 bits per heavy atom. The Hall–Kier alpha value is -0.0400. The largest absolute Gasteiger partial charge is 0.311 e. The fourth-order valence-electron chi connectivity index (χ4n) is 3.09. The second-order valence-corrected chi connectivity index (χ2v) is 6.08. The fourth-order valence-corrected chi connectivity index (χ4v) is 3.09. The van der Waals surface area contributed by atoms with Gasteiger partial charge in [0.25, 0.3) is 0 Å². The van der Waals surface area contributed by atoms with Gasteiger partial charge in [-0.15, -0.1) is 0 Å². The van der Waals surface area contributed by atoms with Crippen molar-refractivity contribution < 1.29 is 0 Å². The second kappa shape index (κ2) is 2.50. The number of nitrogens with one attached hydrogen (secondary N) is 1. The summed E-state index contributed by atoms with van der Waals surface area (Å²) in [4.78, 5) is 0. The third kappa shape index (κ3) is 1.63. The number of hydrogen-bond acceptors (Lipinski definition) is 1. The molecule has 3 fully saturated rings. The minimum Gasteiger partial charge on any atom is -0.311 e. The maximum Gasteiger partial charge on any atom is 0.0185 e. The third-order valence-electron chi connectivity index (χ3n) is 4.47. The summed E-state index contributed by atoms with van der Waals surface area (Å²) in [6, 6.07) is 0. The van der Waals surface area contributed by atoms with Crippen molar-refractivity contribution in [3.8, 4) is 0 Å². The van der Waals surface area contributed by atoms with Crippen molar-refractivity contribution in [3.05, 3.63) is 0 Å². The molecule has 2 aliphatic carbocycles. The van der Waals surface area contributed by atoms with Crippen molar-refractivity contribution in [2.45, 2.75) is 57.4 Å². The van der Waals surface area contributed by atoms with Gasteiger partial charge in [0.2, 0.25) is 0 Å². The molecule has 0 aromatic heterocycles. The molecule has 1 spiro atoms. The minimum atomic E-state index is 0.647. The average molecular weight is 179 g/mol. The number of hydrogen-bond donors (Lipinski definition) is 1. The minimum absolute atomic E-state index is 0.647. The molecule has 0 aromatic carbocycles. The smallest absolute Gasteiger partial charge is 0.0185 e. The molecule has 0 aromatic rings. The van der Waals surface area contributed by atoms with E-state index in [0.717, 1.165) is 11.3 Å². The van der Waals surface area contributed by atoms with E-state index in [0.29, 0.717) is 5.54 Å². The van der Waals surface area contributed by atoms with E-state index in [1.54, 1.807) is 0 Å². The quantitative estimate of drug-likeness (QED) is 0.687. The Morgan fingerprint density at radius 2 is 2.00 bits per heavy atom. The molecule has 74 valence electrons. The van der Waals surface area contributed by atoms with Gasteiger partial charge in [-0.25, -0.2) is 0 Å². The Labute approximate surface area is 81.3 Å². The third-order valence-corrected chi connectivity index (χ3v) is 4.47. The first-order chi connectivity index (χ1) is 6.20. The van der Waals surface area contributed by atoms with Crippen LogP contribution < -0.4 is 5.32 Å². The highest BCUT2D eigenvalue weighted by Gasteiger charge is 2.48. The summed E-state index contributed by atoms with van der Waals surface area (Å²) in [5, 5.41) is 3.71. The Bertz CT molecular complexity index is 211. The molecule has 3 aliphatic rings. The predicted octanol–water partition coefficient (Wildman–Crippen LogP) is 2.71. The van der Waals surface area contributed by atoms with Crippen molar-refractivity contribution in [1.82, 2.24) is 5.32 Å². The van der Waals surface area contributed by atoms with E-state index in [1.807, 2.05) is 0 Å². The van der Waals surface area contributed by atoms with Crippen molar-refractivity contribution >= 4 is 0 Å². The van der Waals surface area contributed by atoms with Gasteiger partial charge in [0.15, 0.2) is 0 Å². The molecule has 1 nitrogen and oxygen atoms in total. The summed E-state index contributed by atoms with van der Waals surface area (Å²) in [5.74, 6) is 1.05. The normalized spacial score (nSPS) is 39.0. The molecular weight excluding hydrogens is 158 g/mol. The molecule has 1 heterocycles. The van der Waals surface area contributed by atoms with E-state index >= 15 is 0 Å². The molecule has 1 heteroatoms. The van der Waals surface area contributed by atoms with Gasteiger partial charge in [0.1, 0.15) is 0 Å². The van der Waals surface area contributed by atoms with Gasteiger partial charge in [0.05, 0.1) is 0 Å². The zero-order chi connectivity index (χ0) is 8.94. The maximum absolute atomic E-state index is 3.71. The lowest BCUT2D eigenvalue weighted by Gasteiger charge is -2.32. The van der Waals surface area contributed by atoms with E-state index in [4.69, 9.17) is 0 Å². The van der Waals surface area contributed by atoms with Crippen LogP contribution in [0.4, 0.5) is 0 Å². The first-order valence-corrected chi connectivity index (χ1v) is 5.95. The number of rotatable bonds is 2. The van der Waals surface area contributed by atoms with Crippen LogP contribution in [0.3, 0.4) is 0 Å². The van der Waals surface area contributed by atoms with Crippen molar-refractivity contribution in [2.75, 3.05) is 6.54 Å². The Kier molecular flexibility index (Phi) is 1.59. The van der Waals surface area contributed by atoms with Crippen LogP contribution in [0.2, 0.25) is 0 Å². The summed E-state index contributed by atoms with van der Waals surface area (Å²) in [5.41, 5.74) is 1.42. The number of piperidine rings is 1. The molecule has 0 radical (unpaired) electrons. The molecule has 1 saturated heterocycles. The van der Waals surface area contributed by atoms with Crippen LogP contribution in [0.25, 0.3) is 0 Å². The predicted molar refractivity (Wildman–Crippen MR) is 54.6 cm³/mol. The lowest BCUT2D eigenvalue weighted by atomic mass is 9.83. The van der Waals surface area contributed by atoms with Crippen LogP contribution in [0.1, 0.15) is 51.9 Å². The maximum atomic E-state index is 3.71. The van der Waals surface area contributed by atoms with Crippen LogP contribution in [0.15, 0.2) is 0 Å². The standard InChI is InChI=1S/C12H21N/c1-11(3-4-11)8-10-2-7-13-12(9-10)5-6-12/h10,13H,2-9H2,1H3. The van der Waals surface area contributed by atoms with Gasteiger partial charge in [-0.3, -0.25) is 0 Å². The zero-order valence-corrected chi connectivity index (χ0v) is 8.73. The van der Waals surface area contributed by atoms with Crippen molar-refractivity contribution in [1.29, 1.82) is 0 Å². The summed E-state index contributed by atoms with van der Waals surface area (Å²) < 4.78 is 0. The Balaban J connectivity index is 1.58. The summed E-state index contributed by atoms with van der Waals surface area (Å²) >= 11 is 0. The molecule has 13 heavy (non-hydrogen) atoms.